The van der Waals surface area contributed by atoms with E-state index in [1.165, 1.54) is 12.7 Å². The molecule has 5 nitrogen and oxygen atoms in total. The standard InChI is InChI=1S/C28H27Cl2NO4/c1-28(2,3)17-7-5-16(6-8-17)15-31-25(21-11-9-18(29)13-23(21)30)24(27(33)34)22-14-19(35-4)10-12-20(22)26(31)32/h5-14,24-25H,15H2,1-4H3,(H,33,34). The van der Waals surface area contributed by atoms with Gasteiger partial charge in [0.05, 0.1) is 13.2 Å². The Labute approximate surface area is 215 Å². The van der Waals surface area contributed by atoms with Gasteiger partial charge in [-0.2, -0.15) is 0 Å². The summed E-state index contributed by atoms with van der Waals surface area (Å²) in [6.07, 6.45) is 0. The normalized spacial score (nSPS) is 17.8. The minimum absolute atomic E-state index is 0.00869. The molecule has 35 heavy (non-hydrogen) atoms. The van der Waals surface area contributed by atoms with E-state index in [9.17, 15) is 14.7 Å². The Balaban J connectivity index is 1.87. The first-order valence-corrected chi connectivity index (χ1v) is 12.0. The Morgan fingerprint density at radius 3 is 2.26 bits per heavy atom. The Bertz CT molecular complexity index is 1280. The smallest absolute Gasteiger partial charge is 0.313 e. The summed E-state index contributed by atoms with van der Waals surface area (Å²) in [5.74, 6) is -1.90. The second kappa shape index (κ2) is 9.56. The monoisotopic (exact) mass is 511 g/mol. The van der Waals surface area contributed by atoms with Crippen molar-refractivity contribution in [3.05, 3.63) is 98.5 Å². The summed E-state index contributed by atoms with van der Waals surface area (Å²) in [6, 6.07) is 17.0. The molecule has 0 spiro atoms. The summed E-state index contributed by atoms with van der Waals surface area (Å²) in [6.45, 7) is 6.63. The Morgan fingerprint density at radius 2 is 1.69 bits per heavy atom. The van der Waals surface area contributed by atoms with E-state index in [-0.39, 0.29) is 17.9 Å². The molecule has 0 saturated heterocycles. The molecule has 1 aliphatic heterocycles. The van der Waals surface area contributed by atoms with E-state index >= 15 is 0 Å². The van der Waals surface area contributed by atoms with Crippen LogP contribution in [0.2, 0.25) is 10.0 Å². The molecule has 0 bridgehead atoms. The average Bonchev–Trinajstić information content (AvgIpc) is 2.80. The maximum absolute atomic E-state index is 13.8. The molecule has 0 fully saturated rings. The van der Waals surface area contributed by atoms with Crippen molar-refractivity contribution in [3.8, 4) is 5.75 Å². The molecule has 0 aromatic heterocycles. The first-order chi connectivity index (χ1) is 16.5. The van der Waals surface area contributed by atoms with Crippen LogP contribution in [0.1, 0.15) is 65.3 Å². The lowest BCUT2D eigenvalue weighted by atomic mass is 9.79. The van der Waals surface area contributed by atoms with Crippen LogP contribution in [-0.2, 0) is 16.8 Å². The van der Waals surface area contributed by atoms with E-state index < -0.39 is 17.9 Å². The van der Waals surface area contributed by atoms with Gasteiger partial charge < -0.3 is 14.7 Å². The van der Waals surface area contributed by atoms with E-state index in [0.717, 1.165) is 5.56 Å². The van der Waals surface area contributed by atoms with E-state index in [0.29, 0.717) is 32.5 Å². The minimum Gasteiger partial charge on any atom is -0.497 e. The average molecular weight is 512 g/mol. The molecule has 7 heteroatoms. The van der Waals surface area contributed by atoms with Crippen LogP contribution in [0.4, 0.5) is 0 Å². The second-order valence-electron chi connectivity index (χ2n) is 9.76. The fourth-order valence-corrected chi connectivity index (χ4v) is 5.11. The summed E-state index contributed by atoms with van der Waals surface area (Å²) in [7, 11) is 1.50. The summed E-state index contributed by atoms with van der Waals surface area (Å²) in [4.78, 5) is 28.1. The number of fused-ring (bicyclic) bond motifs is 1. The summed E-state index contributed by atoms with van der Waals surface area (Å²) < 4.78 is 5.32. The van der Waals surface area contributed by atoms with Crippen LogP contribution in [0.5, 0.6) is 5.75 Å². The molecule has 1 N–H and O–H groups in total. The first kappa shape index (κ1) is 25.1. The number of hydrogen-bond donors (Lipinski definition) is 1. The highest BCUT2D eigenvalue weighted by molar-refractivity contribution is 6.35. The molecule has 3 aromatic rings. The summed E-state index contributed by atoms with van der Waals surface area (Å²) in [5, 5.41) is 11.1. The number of carboxylic acid groups (broad SMARTS) is 1. The molecule has 0 aliphatic carbocycles. The summed E-state index contributed by atoms with van der Waals surface area (Å²) >= 11 is 12.7. The van der Waals surface area contributed by atoms with Crippen molar-refractivity contribution in [3.63, 3.8) is 0 Å². The van der Waals surface area contributed by atoms with E-state index in [4.69, 9.17) is 27.9 Å². The second-order valence-corrected chi connectivity index (χ2v) is 10.6. The number of carboxylic acids is 1. The third-order valence-corrected chi connectivity index (χ3v) is 7.02. The number of aliphatic carboxylic acids is 1. The van der Waals surface area contributed by atoms with Gasteiger partial charge in [0.15, 0.2) is 0 Å². The lowest BCUT2D eigenvalue weighted by Gasteiger charge is -2.41. The van der Waals surface area contributed by atoms with Gasteiger partial charge in [-0.3, -0.25) is 9.59 Å². The minimum atomic E-state index is -1.06. The number of carbonyl (C=O) groups excluding carboxylic acids is 1. The van der Waals surface area contributed by atoms with Crippen LogP contribution < -0.4 is 4.74 Å². The third-order valence-electron chi connectivity index (χ3n) is 6.46. The van der Waals surface area contributed by atoms with Crippen LogP contribution in [0.3, 0.4) is 0 Å². The Kier molecular flexibility index (Phi) is 6.85. The molecule has 182 valence electrons. The third kappa shape index (κ3) is 4.89. The quantitative estimate of drug-likeness (QED) is 0.405. The molecule has 4 rings (SSSR count). The molecule has 1 aliphatic rings. The molecule has 2 unspecified atom stereocenters. The zero-order valence-electron chi connectivity index (χ0n) is 20.0. The lowest BCUT2D eigenvalue weighted by molar-refractivity contribution is -0.140. The highest BCUT2D eigenvalue weighted by Gasteiger charge is 2.45. The van der Waals surface area contributed by atoms with Crippen molar-refractivity contribution >= 4 is 35.1 Å². The highest BCUT2D eigenvalue weighted by atomic mass is 35.5. The topological polar surface area (TPSA) is 66.8 Å². The number of methoxy groups -OCH3 is 1. The zero-order chi connectivity index (χ0) is 25.5. The van der Waals surface area contributed by atoms with Crippen LogP contribution >= 0.6 is 23.2 Å². The molecule has 2 atom stereocenters. The van der Waals surface area contributed by atoms with Gasteiger partial charge in [0.2, 0.25) is 0 Å². The van der Waals surface area contributed by atoms with E-state index in [1.54, 1.807) is 41.3 Å². The van der Waals surface area contributed by atoms with Gasteiger partial charge in [0, 0.05) is 22.2 Å². The zero-order valence-corrected chi connectivity index (χ0v) is 21.5. The van der Waals surface area contributed by atoms with Crippen LogP contribution in [0.25, 0.3) is 0 Å². The molecular weight excluding hydrogens is 485 g/mol. The van der Waals surface area contributed by atoms with Crippen molar-refractivity contribution in [2.45, 2.75) is 44.7 Å². The first-order valence-electron chi connectivity index (χ1n) is 11.3. The van der Waals surface area contributed by atoms with Crippen molar-refractivity contribution < 1.29 is 19.4 Å². The SMILES string of the molecule is COc1ccc2c(c1)C(C(=O)O)C(c1ccc(Cl)cc1Cl)N(Cc1ccc(C(C)(C)C)cc1)C2=O. The predicted molar refractivity (Wildman–Crippen MR) is 138 cm³/mol. The lowest BCUT2D eigenvalue weighted by Crippen LogP contribution is -2.44. The maximum Gasteiger partial charge on any atom is 0.313 e. The molecule has 1 heterocycles. The summed E-state index contributed by atoms with van der Waals surface area (Å²) in [5.41, 5.74) is 3.32. The number of rotatable bonds is 5. The number of carbonyl (C=O) groups is 2. The van der Waals surface area contributed by atoms with Crippen molar-refractivity contribution in [1.29, 1.82) is 0 Å². The molecule has 0 radical (unpaired) electrons. The molecule has 0 saturated carbocycles. The molecular formula is C28H27Cl2NO4. The van der Waals surface area contributed by atoms with Gasteiger partial charge in [0.1, 0.15) is 11.7 Å². The van der Waals surface area contributed by atoms with Crippen molar-refractivity contribution in [2.24, 2.45) is 0 Å². The number of amides is 1. The van der Waals surface area contributed by atoms with Gasteiger partial charge in [-0.25, -0.2) is 0 Å². The van der Waals surface area contributed by atoms with Gasteiger partial charge in [-0.15, -0.1) is 0 Å². The van der Waals surface area contributed by atoms with Gasteiger partial charge in [0.25, 0.3) is 5.91 Å². The number of halogens is 2. The number of nitrogens with zero attached hydrogens (tertiary/aromatic N) is 1. The number of ether oxygens (including phenoxy) is 1. The van der Waals surface area contributed by atoms with E-state index in [1.807, 2.05) is 24.3 Å². The van der Waals surface area contributed by atoms with Crippen molar-refractivity contribution in [2.75, 3.05) is 7.11 Å². The van der Waals surface area contributed by atoms with Gasteiger partial charge in [-0.05, 0) is 58.0 Å². The Morgan fingerprint density at radius 1 is 1.00 bits per heavy atom. The Hall–Kier alpha value is -3.02. The van der Waals surface area contributed by atoms with Gasteiger partial charge in [-0.1, -0.05) is 74.3 Å². The van der Waals surface area contributed by atoms with Crippen LogP contribution in [-0.4, -0.2) is 29.0 Å². The molecule has 1 amide bonds. The largest absolute Gasteiger partial charge is 0.497 e. The fourth-order valence-electron chi connectivity index (χ4n) is 4.58. The van der Waals surface area contributed by atoms with Gasteiger partial charge >= 0.3 is 5.97 Å². The van der Waals surface area contributed by atoms with Crippen LogP contribution in [0.15, 0.2) is 60.7 Å². The maximum atomic E-state index is 13.8. The number of hydrogen-bond acceptors (Lipinski definition) is 3. The van der Waals surface area contributed by atoms with E-state index in [2.05, 4.69) is 20.8 Å². The van der Waals surface area contributed by atoms with Crippen LogP contribution in [0, 0.1) is 0 Å². The predicted octanol–water partition coefficient (Wildman–Crippen LogP) is 6.87. The molecule has 3 aromatic carbocycles. The number of benzene rings is 3. The highest BCUT2D eigenvalue weighted by Crippen LogP contribution is 2.46. The fraction of sp³-hybridized carbons (Fsp3) is 0.286. The van der Waals surface area contributed by atoms with Crippen molar-refractivity contribution in [1.82, 2.24) is 4.90 Å².